The van der Waals surface area contributed by atoms with Gasteiger partial charge in [-0.15, -0.1) is 0 Å². The van der Waals surface area contributed by atoms with Crippen LogP contribution in [0.15, 0.2) is 0 Å². The summed E-state index contributed by atoms with van der Waals surface area (Å²) >= 11 is 0. The Kier molecular flexibility index (Phi) is 9.19. The molecule has 0 aromatic heterocycles. The Morgan fingerprint density at radius 1 is 0.765 bits per heavy atom. The standard InChI is InChI=1S/C14H32O2Si/c1-13(2)9-7-11-17(15-5,16-6)12-8-10-14(3)4/h13-14H,7-12H2,1-6H3. The largest absolute Gasteiger partial charge is 0.398 e. The average Bonchev–Trinajstić information content (AvgIpc) is 2.26. The lowest BCUT2D eigenvalue weighted by Crippen LogP contribution is -2.39. The van der Waals surface area contributed by atoms with Crippen molar-refractivity contribution in [3.63, 3.8) is 0 Å². The maximum absolute atomic E-state index is 5.77. The van der Waals surface area contributed by atoms with Crippen molar-refractivity contribution in [2.24, 2.45) is 11.8 Å². The van der Waals surface area contributed by atoms with E-state index in [0.717, 1.165) is 23.9 Å². The Morgan fingerprint density at radius 2 is 1.12 bits per heavy atom. The van der Waals surface area contributed by atoms with Gasteiger partial charge in [-0.05, 0) is 23.9 Å². The highest BCUT2D eigenvalue weighted by Gasteiger charge is 2.34. The lowest BCUT2D eigenvalue weighted by atomic mass is 10.1. The van der Waals surface area contributed by atoms with E-state index in [0.29, 0.717) is 0 Å². The molecule has 0 spiro atoms. The van der Waals surface area contributed by atoms with Gasteiger partial charge in [0.25, 0.3) is 0 Å². The summed E-state index contributed by atoms with van der Waals surface area (Å²) in [4.78, 5) is 0. The molecule has 0 radical (unpaired) electrons. The van der Waals surface area contributed by atoms with Crippen LogP contribution in [0.1, 0.15) is 53.4 Å². The maximum atomic E-state index is 5.77. The average molecular weight is 260 g/mol. The molecule has 2 nitrogen and oxygen atoms in total. The predicted octanol–water partition coefficient (Wildman–Crippen LogP) is 4.59. The Bertz CT molecular complexity index is 161. The SMILES string of the molecule is CO[Si](CCCC(C)C)(CCCC(C)C)OC. The zero-order chi connectivity index (χ0) is 13.3. The van der Waals surface area contributed by atoms with Crippen molar-refractivity contribution in [1.29, 1.82) is 0 Å². The third-order valence-electron chi connectivity index (χ3n) is 3.42. The van der Waals surface area contributed by atoms with Crippen molar-refractivity contribution < 1.29 is 8.85 Å². The molecule has 0 saturated carbocycles. The van der Waals surface area contributed by atoms with E-state index in [4.69, 9.17) is 8.85 Å². The van der Waals surface area contributed by atoms with Gasteiger partial charge in [0.2, 0.25) is 0 Å². The first-order chi connectivity index (χ1) is 7.95. The van der Waals surface area contributed by atoms with Gasteiger partial charge in [-0.25, -0.2) is 0 Å². The van der Waals surface area contributed by atoms with Gasteiger partial charge in [-0.3, -0.25) is 0 Å². The van der Waals surface area contributed by atoms with Crippen molar-refractivity contribution in [2.75, 3.05) is 14.2 Å². The Hall–Kier alpha value is 0.137. The van der Waals surface area contributed by atoms with Gasteiger partial charge >= 0.3 is 8.56 Å². The third kappa shape index (κ3) is 7.95. The molecule has 0 N–H and O–H groups in total. The van der Waals surface area contributed by atoms with Gasteiger partial charge in [-0.1, -0.05) is 53.4 Å². The summed E-state index contributed by atoms with van der Waals surface area (Å²) in [6.45, 7) is 9.12. The predicted molar refractivity (Wildman–Crippen MR) is 77.5 cm³/mol. The first-order valence-electron chi connectivity index (χ1n) is 7.06. The summed E-state index contributed by atoms with van der Waals surface area (Å²) in [5, 5.41) is 0. The molecular formula is C14H32O2Si. The van der Waals surface area contributed by atoms with E-state index in [9.17, 15) is 0 Å². The van der Waals surface area contributed by atoms with Crippen molar-refractivity contribution in [3.8, 4) is 0 Å². The zero-order valence-electron chi connectivity index (χ0n) is 12.7. The van der Waals surface area contributed by atoms with Crippen LogP contribution in [0.3, 0.4) is 0 Å². The fourth-order valence-corrected chi connectivity index (χ4v) is 4.89. The summed E-state index contributed by atoms with van der Waals surface area (Å²) in [5.41, 5.74) is 0. The molecular weight excluding hydrogens is 228 g/mol. The topological polar surface area (TPSA) is 18.5 Å². The molecule has 0 bridgehead atoms. The van der Waals surface area contributed by atoms with Crippen LogP contribution in [0.25, 0.3) is 0 Å². The lowest BCUT2D eigenvalue weighted by Gasteiger charge is -2.28. The second-order valence-corrected chi connectivity index (χ2v) is 9.53. The first kappa shape index (κ1) is 17.1. The quantitative estimate of drug-likeness (QED) is 0.535. The highest BCUT2D eigenvalue weighted by molar-refractivity contribution is 6.67. The first-order valence-corrected chi connectivity index (χ1v) is 9.29. The van der Waals surface area contributed by atoms with Crippen LogP contribution >= 0.6 is 0 Å². The number of hydrogen-bond donors (Lipinski definition) is 0. The molecule has 0 aliphatic carbocycles. The fraction of sp³-hybridized carbons (Fsp3) is 1.00. The van der Waals surface area contributed by atoms with Gasteiger partial charge in [0, 0.05) is 14.2 Å². The van der Waals surface area contributed by atoms with E-state index in [2.05, 4.69) is 27.7 Å². The minimum Gasteiger partial charge on any atom is -0.398 e. The second kappa shape index (κ2) is 9.12. The summed E-state index contributed by atoms with van der Waals surface area (Å²) in [7, 11) is 1.79. The molecule has 0 aromatic carbocycles. The highest BCUT2D eigenvalue weighted by Crippen LogP contribution is 2.25. The molecule has 0 fully saturated rings. The lowest BCUT2D eigenvalue weighted by molar-refractivity contribution is 0.237. The van der Waals surface area contributed by atoms with E-state index in [1.807, 2.05) is 14.2 Å². The minimum absolute atomic E-state index is 0.783. The van der Waals surface area contributed by atoms with Crippen molar-refractivity contribution >= 4 is 8.56 Å². The molecule has 0 aliphatic heterocycles. The van der Waals surface area contributed by atoms with Crippen LogP contribution < -0.4 is 0 Å². The summed E-state index contributed by atoms with van der Waals surface area (Å²) in [6, 6.07) is 2.30. The normalized spacial score (nSPS) is 12.7. The molecule has 0 amide bonds. The molecule has 0 aliphatic rings. The molecule has 0 rings (SSSR count). The second-order valence-electron chi connectivity index (χ2n) is 5.89. The molecule has 0 heterocycles. The smallest absolute Gasteiger partial charge is 0.337 e. The van der Waals surface area contributed by atoms with Crippen LogP contribution in [-0.2, 0) is 8.85 Å². The maximum Gasteiger partial charge on any atom is 0.337 e. The summed E-state index contributed by atoms with van der Waals surface area (Å²) in [6.07, 6.45) is 5.05. The van der Waals surface area contributed by atoms with Gasteiger partial charge in [0.15, 0.2) is 0 Å². The molecule has 3 heteroatoms. The zero-order valence-corrected chi connectivity index (χ0v) is 13.7. The molecule has 104 valence electrons. The van der Waals surface area contributed by atoms with Gasteiger partial charge < -0.3 is 8.85 Å². The van der Waals surface area contributed by atoms with Gasteiger partial charge in [0.1, 0.15) is 0 Å². The van der Waals surface area contributed by atoms with E-state index < -0.39 is 8.56 Å². The Balaban J connectivity index is 4.06. The van der Waals surface area contributed by atoms with Gasteiger partial charge in [-0.2, -0.15) is 0 Å². The summed E-state index contributed by atoms with van der Waals surface area (Å²) in [5.74, 6) is 1.57. The van der Waals surface area contributed by atoms with Crippen LogP contribution in [0, 0.1) is 11.8 Å². The molecule has 0 unspecified atom stereocenters. The van der Waals surface area contributed by atoms with Crippen molar-refractivity contribution in [2.45, 2.75) is 65.5 Å². The third-order valence-corrected chi connectivity index (χ3v) is 7.14. The van der Waals surface area contributed by atoms with E-state index in [1.54, 1.807) is 0 Å². The van der Waals surface area contributed by atoms with Crippen molar-refractivity contribution in [1.82, 2.24) is 0 Å². The number of rotatable bonds is 10. The highest BCUT2D eigenvalue weighted by atomic mass is 28.4. The molecule has 0 saturated heterocycles. The fourth-order valence-electron chi connectivity index (χ4n) is 2.18. The molecule has 0 aromatic rings. The Labute approximate surface area is 109 Å². The summed E-state index contributed by atoms with van der Waals surface area (Å²) < 4.78 is 11.5. The van der Waals surface area contributed by atoms with E-state index >= 15 is 0 Å². The van der Waals surface area contributed by atoms with Crippen LogP contribution in [0.4, 0.5) is 0 Å². The van der Waals surface area contributed by atoms with Crippen LogP contribution in [0.2, 0.25) is 12.1 Å². The van der Waals surface area contributed by atoms with Gasteiger partial charge in [0.05, 0.1) is 0 Å². The monoisotopic (exact) mass is 260 g/mol. The van der Waals surface area contributed by atoms with E-state index in [-0.39, 0.29) is 0 Å². The van der Waals surface area contributed by atoms with Crippen molar-refractivity contribution in [3.05, 3.63) is 0 Å². The van der Waals surface area contributed by atoms with Crippen LogP contribution in [0.5, 0.6) is 0 Å². The van der Waals surface area contributed by atoms with E-state index in [1.165, 1.54) is 25.7 Å². The number of hydrogen-bond acceptors (Lipinski definition) is 2. The minimum atomic E-state index is -1.88. The molecule has 0 atom stereocenters. The molecule has 17 heavy (non-hydrogen) atoms. The van der Waals surface area contributed by atoms with Crippen LogP contribution in [-0.4, -0.2) is 22.8 Å². The Morgan fingerprint density at radius 3 is 1.35 bits per heavy atom.